The molecular weight excluding hydrogens is 1130 g/mol. The van der Waals surface area contributed by atoms with E-state index < -0.39 is 148 Å². The van der Waals surface area contributed by atoms with Crippen LogP contribution >= 0.6 is 30.8 Å². The van der Waals surface area contributed by atoms with Crippen LogP contribution in [0.5, 0.6) is 0 Å². The van der Waals surface area contributed by atoms with Crippen LogP contribution in [0.4, 0.5) is 17.7 Å². The summed E-state index contributed by atoms with van der Waals surface area (Å²) >= 11 is 0. The molecule has 78 heavy (non-hydrogen) atoms. The number of rotatable bonds is 22. The number of hydrogen-bond donors (Lipinski definition) is 11. The lowest BCUT2D eigenvalue weighted by Gasteiger charge is -2.31. The molecule has 428 valence electrons. The number of nitrogens with zero attached hydrogens (tertiary/aromatic N) is 10. The summed E-state index contributed by atoms with van der Waals surface area (Å²) in [6, 6.07) is 0. The Labute approximate surface area is 435 Å². The van der Waals surface area contributed by atoms with Gasteiger partial charge in [-0.25, -0.2) is 33.4 Å². The number of phosphoric ester groups is 2. The molecule has 0 bridgehead atoms. The topological polar surface area (TPSA) is 545 Å². The third-order valence-electron chi connectivity index (χ3n) is 12.6. The number of nitrogens with two attached hydrogens (primary N) is 3. The maximum Gasteiger partial charge on any atom is 0.479 e. The molecule has 0 aliphatic carbocycles. The molecule has 0 aromatic carbocycles. The Morgan fingerprint density at radius 3 is 2.00 bits per heavy atom. The van der Waals surface area contributed by atoms with Gasteiger partial charge in [0.05, 0.1) is 64.6 Å². The van der Waals surface area contributed by atoms with Crippen LogP contribution in [0.3, 0.4) is 0 Å². The van der Waals surface area contributed by atoms with Gasteiger partial charge in [0.1, 0.15) is 54.6 Å². The number of phosphoric acid groups is 2. The lowest BCUT2D eigenvalue weighted by Crippen LogP contribution is -2.39. The molecule has 3 saturated heterocycles. The van der Waals surface area contributed by atoms with E-state index in [4.69, 9.17) is 59.0 Å². The summed E-state index contributed by atoms with van der Waals surface area (Å²) in [7, 11) is -17.6. The summed E-state index contributed by atoms with van der Waals surface area (Å²) in [4.78, 5) is 99.5. The Balaban J connectivity index is 0.847. The van der Waals surface area contributed by atoms with Gasteiger partial charge in [0.25, 0.3) is 24.5 Å². The number of aromatic amines is 2. The van der Waals surface area contributed by atoms with Crippen LogP contribution in [0.1, 0.15) is 18.7 Å². The average molecular weight is 1190 g/mol. The van der Waals surface area contributed by atoms with E-state index in [2.05, 4.69) is 44.2 Å². The van der Waals surface area contributed by atoms with Crippen LogP contribution in [0.25, 0.3) is 33.5 Å². The van der Waals surface area contributed by atoms with Crippen LogP contribution in [-0.2, 0) is 71.4 Å². The first kappa shape index (κ1) is 57.6. The Hall–Kier alpha value is -5.11. The van der Waals surface area contributed by atoms with Gasteiger partial charge in [-0.2, -0.15) is 14.5 Å². The maximum atomic E-state index is 13.6. The van der Waals surface area contributed by atoms with E-state index in [0.717, 1.165) is 24.3 Å². The number of aliphatic hydroxyl groups is 3. The smallest absolute Gasteiger partial charge is 0.479 e. The van der Waals surface area contributed by atoms with E-state index in [9.17, 15) is 62.7 Å². The van der Waals surface area contributed by atoms with Gasteiger partial charge in [-0.15, -0.1) is 0 Å². The predicted octanol–water partition coefficient (Wildman–Crippen LogP) is -4.29. The van der Waals surface area contributed by atoms with Crippen LogP contribution < -0.4 is 37.8 Å². The average Bonchev–Trinajstić information content (AvgIpc) is 4.31. The summed E-state index contributed by atoms with van der Waals surface area (Å²) in [6.07, 6.45) is -14.8. The molecule has 0 saturated carbocycles. The number of fused-ring (bicyclic) bond motifs is 3. The fourth-order valence-electron chi connectivity index (χ4n) is 9.01. The molecule has 6 aromatic rings. The molecule has 4 unspecified atom stereocenters. The molecule has 9 rings (SSSR count). The highest BCUT2D eigenvalue weighted by atomic mass is 31.3. The number of ether oxygens (including phenoxy) is 5. The normalized spacial score (nSPS) is 29.8. The molecular formula is C36H51N15O23P4. The van der Waals surface area contributed by atoms with Crippen LogP contribution in [0.15, 0.2) is 34.9 Å². The zero-order valence-corrected chi connectivity index (χ0v) is 44.2. The predicted molar refractivity (Wildman–Crippen MR) is 255 cm³/mol. The second kappa shape index (κ2) is 22.1. The van der Waals surface area contributed by atoms with Crippen molar-refractivity contribution in [2.45, 2.75) is 67.5 Å². The van der Waals surface area contributed by atoms with Crippen molar-refractivity contribution in [3.63, 3.8) is 0 Å². The lowest BCUT2D eigenvalue weighted by molar-refractivity contribution is -0.646. The maximum absolute atomic E-state index is 13.6. The molecule has 14 N–H and O–H groups in total. The molecule has 9 heterocycles. The van der Waals surface area contributed by atoms with Gasteiger partial charge >= 0.3 is 28.6 Å². The summed E-state index contributed by atoms with van der Waals surface area (Å²) in [5.74, 6) is -1.58. The summed E-state index contributed by atoms with van der Waals surface area (Å²) < 4.78 is 112. The standard InChI is InChI=1S/C36H51N15O23P4/c1-48-13-51(29-20(48)31(56)47-36(39)45-29)32-21(52)14(6-65-2)15(70-32)7-69-78(63,64)74-76(59,60)5-4-75(57,58)67-9-17-24(25(66-3)34(72-17)49-11-42-18-26(37)40-10-41-27(18)49)73-77(61,62)68-8-16-22(53)23(54)33(71-16)50-12-43-19-28(50)44-35(38)46-30(19)55/h10-17,21-25,32-34,52-54H,4-9H2,1-3H3,(H11-,37,38,39,40,41,44,45,46,47,55,56,57,58,59,60,61,62,63,64)/t14-,15-,16-,17-,21-,22-,23-,24-,25-,32-,33-,34-/m1/s1. The fourth-order valence-corrected chi connectivity index (χ4v) is 14.6. The number of imidazole rings is 3. The summed E-state index contributed by atoms with van der Waals surface area (Å²) in [5.41, 5.74) is 15.9. The van der Waals surface area contributed by atoms with Crippen molar-refractivity contribution in [1.29, 1.82) is 0 Å². The summed E-state index contributed by atoms with van der Waals surface area (Å²) in [6.45, 7) is -3.07. The Morgan fingerprint density at radius 2 is 1.29 bits per heavy atom. The number of nitrogens with one attached hydrogen (secondary N) is 2. The fraction of sp³-hybridized carbons (Fsp3) is 0.583. The quantitative estimate of drug-likeness (QED) is 0.0226. The number of aromatic nitrogens is 12. The number of methoxy groups -OCH3 is 2. The van der Waals surface area contributed by atoms with Crippen molar-refractivity contribution in [2.24, 2.45) is 13.0 Å². The minimum atomic E-state index is -5.62. The molecule has 0 amide bonds. The van der Waals surface area contributed by atoms with Crippen molar-refractivity contribution in [3.8, 4) is 0 Å². The number of aliphatic hydroxyl groups excluding tert-OH is 3. The van der Waals surface area contributed by atoms with Crippen molar-refractivity contribution >= 4 is 82.0 Å². The highest BCUT2D eigenvalue weighted by Crippen LogP contribution is 2.62. The number of nitrogen functional groups attached to an aromatic ring is 3. The first-order valence-electron chi connectivity index (χ1n) is 22.8. The van der Waals surface area contributed by atoms with Crippen molar-refractivity contribution in [3.05, 3.63) is 46.0 Å². The lowest BCUT2D eigenvalue weighted by atomic mass is 9.99. The van der Waals surface area contributed by atoms with Gasteiger partial charge in [-0.3, -0.25) is 46.9 Å². The number of hydrogen-bond acceptors (Lipinski definition) is 29. The highest BCUT2D eigenvalue weighted by Gasteiger charge is 2.52. The highest BCUT2D eigenvalue weighted by molar-refractivity contribution is 7.64. The largest absolute Gasteiger partial charge is 0.756 e. The van der Waals surface area contributed by atoms with Gasteiger partial charge < -0.3 is 89.3 Å². The van der Waals surface area contributed by atoms with Crippen molar-refractivity contribution < 1.29 is 104 Å². The van der Waals surface area contributed by atoms with E-state index in [1.54, 1.807) is 0 Å². The third-order valence-corrected chi connectivity index (χ3v) is 18.4. The Kier molecular flexibility index (Phi) is 16.3. The first-order chi connectivity index (χ1) is 36.7. The first-order valence-corrected chi connectivity index (χ1v) is 29.2. The molecule has 42 heteroatoms. The second-order valence-electron chi connectivity index (χ2n) is 17.8. The van der Waals surface area contributed by atoms with Gasteiger partial charge in [0.15, 0.2) is 35.1 Å². The minimum absolute atomic E-state index is 0.0120. The summed E-state index contributed by atoms with van der Waals surface area (Å²) in [5, 5.41) is 33.0. The molecule has 6 aromatic heterocycles. The Bertz CT molecular complexity index is 3530. The SMILES string of the molecule is COC[C@H]1[C@@H](O)[C@H](n2c[n+](C)c3c(=O)[nH]c(N)nc32)O[C@@H]1COP(=O)(O)OP(=O)(O)CCP(=O)(O)OC[C@H]1O[C@@H](n2cnc3c(N)ncnc32)[C@H](OC)[C@@H]1OP(=O)([O-])OC[C@H]1O[C@@H](n2cnc3c(=O)[nH]c(N)nc32)[C@H](O)[C@@H]1O. The third kappa shape index (κ3) is 11.7. The van der Waals surface area contributed by atoms with Gasteiger partial charge in [-0.1, -0.05) is 0 Å². The van der Waals surface area contributed by atoms with E-state index in [0.29, 0.717) is 0 Å². The van der Waals surface area contributed by atoms with Crippen molar-refractivity contribution in [2.75, 3.05) is 70.2 Å². The van der Waals surface area contributed by atoms with Crippen molar-refractivity contribution in [1.82, 2.24) is 53.6 Å². The molecule has 3 fully saturated rings. The molecule has 0 radical (unpaired) electrons. The Morgan fingerprint density at radius 1 is 0.692 bits per heavy atom. The molecule has 38 nitrogen and oxygen atoms in total. The zero-order chi connectivity index (χ0) is 56.4. The van der Waals surface area contributed by atoms with E-state index in [1.807, 2.05) is 0 Å². The second-order valence-corrected chi connectivity index (χ2v) is 24.7. The van der Waals surface area contributed by atoms with Crippen LogP contribution in [0.2, 0.25) is 0 Å². The monoisotopic (exact) mass is 1190 g/mol. The zero-order valence-electron chi connectivity index (χ0n) is 40.6. The van der Waals surface area contributed by atoms with Gasteiger partial charge in [0, 0.05) is 20.1 Å². The number of anilines is 3. The molecule has 0 spiro atoms. The molecule has 3 aliphatic rings. The minimum Gasteiger partial charge on any atom is -0.756 e. The molecule has 3 aliphatic heterocycles. The van der Waals surface area contributed by atoms with E-state index in [-0.39, 0.29) is 57.8 Å². The van der Waals surface area contributed by atoms with E-state index in [1.165, 1.54) is 40.5 Å². The number of aryl methyl sites for hydroxylation is 1. The molecule has 16 atom stereocenters. The van der Waals surface area contributed by atoms with Crippen LogP contribution in [-0.4, -0.2) is 185 Å². The van der Waals surface area contributed by atoms with E-state index >= 15 is 0 Å². The number of H-pyrrole nitrogens is 2. The van der Waals surface area contributed by atoms with Crippen LogP contribution in [0, 0.1) is 5.92 Å². The van der Waals surface area contributed by atoms with Gasteiger partial charge in [-0.05, 0) is 0 Å². The van der Waals surface area contributed by atoms with Gasteiger partial charge in [0.2, 0.25) is 24.5 Å².